The van der Waals surface area contributed by atoms with Crippen LogP contribution in [-0.2, 0) is 0 Å². The molecule has 0 spiro atoms. The van der Waals surface area contributed by atoms with Crippen LogP contribution < -0.4 is 4.90 Å². The maximum Gasteiger partial charge on any atom is 0.143 e. The second kappa shape index (κ2) is 13.6. The van der Waals surface area contributed by atoms with E-state index >= 15 is 0 Å². The Balaban J connectivity index is 1.02. The molecular weight excluding hydrogens is 757 g/mol. The van der Waals surface area contributed by atoms with Gasteiger partial charge in [-0.05, 0) is 94.9 Å². The topological polar surface area (TPSA) is 34.5 Å². The third kappa shape index (κ3) is 5.20. The normalized spacial score (nSPS) is 11.9. The van der Waals surface area contributed by atoms with Crippen LogP contribution in [0.2, 0.25) is 0 Å². The Bertz CT molecular complexity index is 3870. The molecule has 0 atom stereocenters. The molecule has 0 fully saturated rings. The van der Waals surface area contributed by atoms with E-state index in [0.717, 1.165) is 94.1 Å². The molecule has 4 heteroatoms. The molecule has 0 unspecified atom stereocenters. The zero-order valence-electron chi connectivity index (χ0n) is 33.5. The van der Waals surface area contributed by atoms with Crippen LogP contribution in [0.15, 0.2) is 227 Å². The lowest BCUT2D eigenvalue weighted by atomic mass is 9.98. The van der Waals surface area contributed by atoms with Crippen molar-refractivity contribution >= 4 is 93.5 Å². The molecule has 4 nitrogen and oxygen atoms in total. The van der Waals surface area contributed by atoms with Crippen LogP contribution in [0.5, 0.6) is 0 Å². The number of furan rings is 2. The van der Waals surface area contributed by atoms with Gasteiger partial charge in [0.1, 0.15) is 22.3 Å². The van der Waals surface area contributed by atoms with Crippen molar-refractivity contribution in [3.8, 4) is 27.9 Å². The Labute approximate surface area is 356 Å². The van der Waals surface area contributed by atoms with E-state index < -0.39 is 0 Å². The third-order valence-electron chi connectivity index (χ3n) is 12.6. The molecule has 3 heterocycles. The summed E-state index contributed by atoms with van der Waals surface area (Å²) >= 11 is 0. The van der Waals surface area contributed by atoms with Crippen molar-refractivity contribution in [2.75, 3.05) is 4.90 Å². The van der Waals surface area contributed by atoms with Crippen molar-refractivity contribution in [1.82, 2.24) is 4.57 Å². The fourth-order valence-electron chi connectivity index (χ4n) is 9.84. The van der Waals surface area contributed by atoms with Gasteiger partial charge in [-0.15, -0.1) is 0 Å². The van der Waals surface area contributed by atoms with Crippen LogP contribution in [0.25, 0.3) is 104 Å². The molecule has 0 saturated heterocycles. The Hall–Kier alpha value is -8.34. The number of benzene rings is 10. The van der Waals surface area contributed by atoms with Gasteiger partial charge in [0.25, 0.3) is 0 Å². The van der Waals surface area contributed by atoms with Gasteiger partial charge in [0.2, 0.25) is 0 Å². The van der Waals surface area contributed by atoms with Crippen LogP contribution in [0.4, 0.5) is 17.1 Å². The summed E-state index contributed by atoms with van der Waals surface area (Å²) in [4.78, 5) is 2.38. The first-order valence-electron chi connectivity index (χ1n) is 21.1. The van der Waals surface area contributed by atoms with Gasteiger partial charge in [0.15, 0.2) is 0 Å². The lowest BCUT2D eigenvalue weighted by Crippen LogP contribution is -2.10. The highest BCUT2D eigenvalue weighted by atomic mass is 16.3. The van der Waals surface area contributed by atoms with Crippen molar-refractivity contribution in [3.05, 3.63) is 218 Å². The Kier molecular flexibility index (Phi) is 7.57. The molecule has 3 aromatic heterocycles. The molecule has 0 amide bonds. The zero-order valence-corrected chi connectivity index (χ0v) is 33.5. The van der Waals surface area contributed by atoms with Gasteiger partial charge in [-0.1, -0.05) is 146 Å². The van der Waals surface area contributed by atoms with Gasteiger partial charge < -0.3 is 18.3 Å². The van der Waals surface area contributed by atoms with E-state index in [-0.39, 0.29) is 0 Å². The van der Waals surface area contributed by atoms with Gasteiger partial charge in [-0.3, -0.25) is 0 Å². The SMILES string of the molecule is c1ccc(-n2c3ccccc3c3c(-c4cccc(N(c5ccc(-c6cccc7c6oc6ccccc67)cc5)c5cccc6oc7c8ccccc8ccc7c56)c4)cccc32)cc1. The summed E-state index contributed by atoms with van der Waals surface area (Å²) in [5.74, 6) is 0. The minimum Gasteiger partial charge on any atom is -0.455 e. The summed E-state index contributed by atoms with van der Waals surface area (Å²) in [7, 11) is 0. The first-order chi connectivity index (χ1) is 30.8. The van der Waals surface area contributed by atoms with E-state index in [1.165, 1.54) is 27.4 Å². The minimum absolute atomic E-state index is 0.849. The Morgan fingerprint density at radius 1 is 0.355 bits per heavy atom. The number of rotatable bonds is 6. The molecule has 0 bridgehead atoms. The molecule has 0 radical (unpaired) electrons. The van der Waals surface area contributed by atoms with E-state index in [4.69, 9.17) is 8.83 Å². The van der Waals surface area contributed by atoms with Crippen LogP contribution >= 0.6 is 0 Å². The van der Waals surface area contributed by atoms with E-state index in [1.807, 2.05) is 12.1 Å². The summed E-state index contributed by atoms with van der Waals surface area (Å²) in [6.07, 6.45) is 0. The second-order valence-electron chi connectivity index (χ2n) is 16.0. The maximum absolute atomic E-state index is 6.75. The van der Waals surface area contributed by atoms with Crippen molar-refractivity contribution in [2.45, 2.75) is 0 Å². The summed E-state index contributed by atoms with van der Waals surface area (Å²) in [6, 6.07) is 77.9. The molecule has 13 aromatic rings. The highest BCUT2D eigenvalue weighted by Crippen LogP contribution is 2.47. The molecule has 13 rings (SSSR count). The minimum atomic E-state index is 0.849. The largest absolute Gasteiger partial charge is 0.455 e. The summed E-state index contributed by atoms with van der Waals surface area (Å²) in [5, 5.41) is 9.12. The van der Waals surface area contributed by atoms with Crippen molar-refractivity contribution in [1.29, 1.82) is 0 Å². The summed E-state index contributed by atoms with van der Waals surface area (Å²) in [6.45, 7) is 0. The third-order valence-corrected chi connectivity index (χ3v) is 12.6. The van der Waals surface area contributed by atoms with Crippen molar-refractivity contribution in [3.63, 3.8) is 0 Å². The highest BCUT2D eigenvalue weighted by Gasteiger charge is 2.23. The van der Waals surface area contributed by atoms with Gasteiger partial charge >= 0.3 is 0 Å². The molecule has 0 aliphatic heterocycles. The number of hydrogen-bond acceptors (Lipinski definition) is 3. The van der Waals surface area contributed by atoms with Crippen LogP contribution in [0.3, 0.4) is 0 Å². The number of aromatic nitrogens is 1. The Morgan fingerprint density at radius 3 is 1.94 bits per heavy atom. The maximum atomic E-state index is 6.75. The van der Waals surface area contributed by atoms with Crippen LogP contribution in [0, 0.1) is 0 Å². The van der Waals surface area contributed by atoms with Crippen LogP contribution in [-0.4, -0.2) is 4.57 Å². The molecule has 62 heavy (non-hydrogen) atoms. The van der Waals surface area contributed by atoms with Gasteiger partial charge in [0, 0.05) is 54.9 Å². The lowest BCUT2D eigenvalue weighted by molar-refractivity contribution is 0.670. The standard InChI is InChI=1S/C58H36N2O2/c1-2-16-40(17-3-1)60-50-25-8-6-21-48(50)55-43(22-12-26-51(55)60)39-15-10-18-42(36-39)59(52-27-13-29-54-56(52)49-35-32-37-14-4-5-19-44(37)58(49)62-54)41-33-30-38(31-34-41)45-23-11-24-47-46-20-7-9-28-53(46)61-57(45)47/h1-36H. The molecule has 0 N–H and O–H groups in total. The lowest BCUT2D eigenvalue weighted by Gasteiger charge is -2.27. The molecule has 0 saturated carbocycles. The molecule has 0 aliphatic carbocycles. The van der Waals surface area contributed by atoms with Crippen LogP contribution in [0.1, 0.15) is 0 Å². The average Bonchev–Trinajstić information content (AvgIpc) is 4.03. The van der Waals surface area contributed by atoms with E-state index in [0.29, 0.717) is 0 Å². The number of para-hydroxylation sites is 4. The van der Waals surface area contributed by atoms with Gasteiger partial charge in [0.05, 0.1) is 22.1 Å². The first kappa shape index (κ1) is 34.5. The number of anilines is 3. The smallest absolute Gasteiger partial charge is 0.143 e. The van der Waals surface area contributed by atoms with Gasteiger partial charge in [-0.2, -0.15) is 0 Å². The van der Waals surface area contributed by atoms with Gasteiger partial charge in [-0.25, -0.2) is 0 Å². The van der Waals surface area contributed by atoms with E-state index in [1.54, 1.807) is 0 Å². The molecule has 0 aliphatic rings. The average molecular weight is 793 g/mol. The zero-order chi connectivity index (χ0) is 40.7. The highest BCUT2D eigenvalue weighted by molar-refractivity contribution is 6.20. The monoisotopic (exact) mass is 792 g/mol. The van der Waals surface area contributed by atoms with E-state index in [2.05, 4.69) is 216 Å². The number of nitrogens with zero attached hydrogens (tertiary/aromatic N) is 2. The summed E-state index contributed by atoms with van der Waals surface area (Å²) < 4.78 is 15.6. The molecular formula is C58H36N2O2. The van der Waals surface area contributed by atoms with E-state index in [9.17, 15) is 0 Å². The Morgan fingerprint density at radius 2 is 1.03 bits per heavy atom. The molecule has 10 aromatic carbocycles. The first-order valence-corrected chi connectivity index (χ1v) is 21.1. The quantitative estimate of drug-likeness (QED) is 0.168. The predicted octanol–water partition coefficient (Wildman–Crippen LogP) is 16.5. The van der Waals surface area contributed by atoms with Crippen molar-refractivity contribution < 1.29 is 8.83 Å². The fourth-order valence-corrected chi connectivity index (χ4v) is 9.84. The second-order valence-corrected chi connectivity index (χ2v) is 16.0. The van der Waals surface area contributed by atoms with Crippen molar-refractivity contribution in [2.24, 2.45) is 0 Å². The number of fused-ring (bicyclic) bond motifs is 11. The molecule has 290 valence electrons. The predicted molar refractivity (Wildman–Crippen MR) is 258 cm³/mol. The number of hydrogen-bond donors (Lipinski definition) is 0. The fraction of sp³-hybridized carbons (Fsp3) is 0. The summed E-state index contributed by atoms with van der Waals surface area (Å²) in [5.41, 5.74) is 14.6.